The second kappa shape index (κ2) is 10.5. The first-order chi connectivity index (χ1) is 15.6. The number of benzene rings is 1. The van der Waals surface area contributed by atoms with Gasteiger partial charge in [-0.3, -0.25) is 14.5 Å². The normalized spacial score (nSPS) is 14.8. The smallest absolute Gasteiger partial charge is 0.248 e. The molecule has 2 amide bonds. The van der Waals surface area contributed by atoms with Crippen LogP contribution in [0.4, 0.5) is 5.69 Å². The van der Waals surface area contributed by atoms with Crippen molar-refractivity contribution in [2.24, 2.45) is 0 Å². The number of carbonyl (C=O) groups is 2. The third-order valence-electron chi connectivity index (χ3n) is 5.60. The number of thiophene rings is 2. The van der Waals surface area contributed by atoms with E-state index in [-0.39, 0.29) is 24.3 Å². The molecule has 2 aromatic heterocycles. The summed E-state index contributed by atoms with van der Waals surface area (Å²) in [5, 5.41) is 7.51. The van der Waals surface area contributed by atoms with Crippen LogP contribution in [0, 0.1) is 0 Å². The fraction of sp³-hybridized carbons (Fsp3) is 0.333. The number of hydrogen-bond donors (Lipinski definition) is 1. The number of carbonyl (C=O) groups excluding carboxylic acids is 2. The largest absolute Gasteiger partial charge is 0.495 e. The predicted molar refractivity (Wildman–Crippen MR) is 131 cm³/mol. The zero-order chi connectivity index (χ0) is 22.5. The van der Waals surface area contributed by atoms with Gasteiger partial charge in [-0.05, 0) is 53.9 Å². The summed E-state index contributed by atoms with van der Waals surface area (Å²) >= 11 is 9.30. The number of halogens is 1. The molecule has 0 bridgehead atoms. The van der Waals surface area contributed by atoms with Gasteiger partial charge in [-0.25, -0.2) is 0 Å². The monoisotopic (exact) mass is 488 g/mol. The zero-order valence-electron chi connectivity index (χ0n) is 17.8. The summed E-state index contributed by atoms with van der Waals surface area (Å²) in [5.74, 6) is 0.123. The molecule has 1 atom stereocenters. The van der Waals surface area contributed by atoms with Crippen molar-refractivity contribution in [3.63, 3.8) is 0 Å². The molecule has 0 aliphatic heterocycles. The van der Waals surface area contributed by atoms with E-state index in [1.54, 1.807) is 30.2 Å². The van der Waals surface area contributed by atoms with Crippen molar-refractivity contribution in [1.29, 1.82) is 0 Å². The van der Waals surface area contributed by atoms with Crippen molar-refractivity contribution in [2.45, 2.75) is 44.2 Å². The number of anilines is 1. The van der Waals surface area contributed by atoms with Gasteiger partial charge >= 0.3 is 0 Å². The Bertz CT molecular complexity index is 1050. The second-order valence-corrected chi connectivity index (χ2v) is 10.2. The first-order valence-electron chi connectivity index (χ1n) is 10.6. The molecule has 0 radical (unpaired) electrons. The van der Waals surface area contributed by atoms with Crippen molar-refractivity contribution in [2.75, 3.05) is 12.0 Å². The van der Waals surface area contributed by atoms with Gasteiger partial charge in [0.15, 0.2) is 0 Å². The molecule has 32 heavy (non-hydrogen) atoms. The SMILES string of the molecule is COc1ccc(Cl)cc1N(C(=O)Cc1cccs1)C(C(=O)NC1CCCC1)c1cccs1. The van der Waals surface area contributed by atoms with Crippen LogP contribution < -0.4 is 15.0 Å². The Hall–Kier alpha value is -2.35. The van der Waals surface area contributed by atoms with Crippen LogP contribution in [-0.2, 0) is 16.0 Å². The Morgan fingerprint density at radius 3 is 2.56 bits per heavy atom. The number of hydrogen-bond acceptors (Lipinski definition) is 5. The van der Waals surface area contributed by atoms with Crippen LogP contribution in [0.3, 0.4) is 0 Å². The molecule has 3 aromatic rings. The highest BCUT2D eigenvalue weighted by atomic mass is 35.5. The molecule has 1 aromatic carbocycles. The molecular formula is C24H25ClN2O3S2. The minimum atomic E-state index is -0.810. The Morgan fingerprint density at radius 1 is 1.16 bits per heavy atom. The summed E-state index contributed by atoms with van der Waals surface area (Å²) < 4.78 is 5.57. The molecule has 5 nitrogen and oxygen atoms in total. The minimum Gasteiger partial charge on any atom is -0.495 e. The van der Waals surface area contributed by atoms with Crippen LogP contribution in [-0.4, -0.2) is 25.0 Å². The first-order valence-corrected chi connectivity index (χ1v) is 12.7. The van der Waals surface area contributed by atoms with E-state index >= 15 is 0 Å². The summed E-state index contributed by atoms with van der Waals surface area (Å²) in [6.07, 6.45) is 4.33. The van der Waals surface area contributed by atoms with Gasteiger partial charge in [0.2, 0.25) is 11.8 Å². The third kappa shape index (κ3) is 5.17. The number of amides is 2. The lowest BCUT2D eigenvalue weighted by Crippen LogP contribution is -2.46. The lowest BCUT2D eigenvalue weighted by molar-refractivity contribution is -0.126. The van der Waals surface area contributed by atoms with Gasteiger partial charge in [-0.1, -0.05) is 36.6 Å². The average molecular weight is 489 g/mol. The highest BCUT2D eigenvalue weighted by Crippen LogP contribution is 2.39. The van der Waals surface area contributed by atoms with Gasteiger partial charge in [-0.15, -0.1) is 22.7 Å². The van der Waals surface area contributed by atoms with Gasteiger partial charge in [-0.2, -0.15) is 0 Å². The maximum absolute atomic E-state index is 13.7. The topological polar surface area (TPSA) is 58.6 Å². The van der Waals surface area contributed by atoms with E-state index in [0.29, 0.717) is 16.5 Å². The molecule has 1 saturated carbocycles. The summed E-state index contributed by atoms with van der Waals surface area (Å²) in [6, 6.07) is 12.1. The minimum absolute atomic E-state index is 0.139. The highest BCUT2D eigenvalue weighted by Gasteiger charge is 2.36. The van der Waals surface area contributed by atoms with E-state index in [0.717, 1.165) is 35.4 Å². The number of methoxy groups -OCH3 is 1. The molecule has 1 N–H and O–H groups in total. The molecule has 8 heteroatoms. The van der Waals surface area contributed by atoms with Crippen LogP contribution in [0.5, 0.6) is 5.75 Å². The molecule has 1 fully saturated rings. The number of nitrogens with one attached hydrogen (secondary N) is 1. The van der Waals surface area contributed by atoms with E-state index < -0.39 is 6.04 Å². The van der Waals surface area contributed by atoms with Crippen molar-refractivity contribution in [3.8, 4) is 5.75 Å². The van der Waals surface area contributed by atoms with Gasteiger partial charge in [0.1, 0.15) is 11.8 Å². The third-order valence-corrected chi connectivity index (χ3v) is 7.63. The Balaban J connectivity index is 1.78. The molecule has 1 unspecified atom stereocenters. The van der Waals surface area contributed by atoms with Crippen LogP contribution >= 0.6 is 34.3 Å². The standard InChI is InChI=1S/C24H25ClN2O3S2/c1-30-20-11-10-16(25)14-19(20)27(22(28)15-18-8-4-12-31-18)23(21-9-5-13-32-21)24(29)26-17-6-2-3-7-17/h4-5,8-14,17,23H,2-3,6-7,15H2,1H3,(H,26,29). The van der Waals surface area contributed by atoms with Crippen LogP contribution in [0.25, 0.3) is 0 Å². The molecule has 1 aliphatic rings. The Kier molecular flexibility index (Phi) is 7.50. The average Bonchev–Trinajstić information content (AvgIpc) is 3.55. The number of ether oxygens (including phenoxy) is 1. The van der Waals surface area contributed by atoms with E-state index in [1.165, 1.54) is 22.7 Å². The van der Waals surface area contributed by atoms with Crippen LogP contribution in [0.1, 0.15) is 41.5 Å². The quantitative estimate of drug-likeness (QED) is 0.433. The van der Waals surface area contributed by atoms with Crippen molar-refractivity contribution in [3.05, 3.63) is 68.0 Å². The predicted octanol–water partition coefficient (Wildman–Crippen LogP) is 5.85. The van der Waals surface area contributed by atoms with Crippen LogP contribution in [0.2, 0.25) is 5.02 Å². The molecule has 0 saturated heterocycles. The van der Waals surface area contributed by atoms with E-state index in [1.807, 2.05) is 35.0 Å². The molecule has 168 valence electrons. The lowest BCUT2D eigenvalue weighted by Gasteiger charge is -2.32. The fourth-order valence-electron chi connectivity index (χ4n) is 4.09. The Labute approximate surface area is 201 Å². The van der Waals surface area contributed by atoms with Gasteiger partial charge in [0.25, 0.3) is 0 Å². The molecule has 4 rings (SSSR count). The summed E-state index contributed by atoms with van der Waals surface area (Å²) in [4.78, 5) is 30.6. The summed E-state index contributed by atoms with van der Waals surface area (Å²) in [7, 11) is 1.55. The van der Waals surface area contributed by atoms with E-state index in [4.69, 9.17) is 16.3 Å². The van der Waals surface area contributed by atoms with Crippen molar-refractivity contribution in [1.82, 2.24) is 5.32 Å². The van der Waals surface area contributed by atoms with Crippen LogP contribution in [0.15, 0.2) is 53.2 Å². The number of rotatable bonds is 8. The first kappa shape index (κ1) is 22.8. The molecule has 2 heterocycles. The summed E-state index contributed by atoms with van der Waals surface area (Å²) in [6.45, 7) is 0. The molecule has 1 aliphatic carbocycles. The molecular weight excluding hydrogens is 464 g/mol. The van der Waals surface area contributed by atoms with Crippen molar-refractivity contribution >= 4 is 51.8 Å². The van der Waals surface area contributed by atoms with Gasteiger partial charge < -0.3 is 10.1 Å². The summed E-state index contributed by atoms with van der Waals surface area (Å²) in [5.41, 5.74) is 0.488. The second-order valence-electron chi connectivity index (χ2n) is 7.74. The highest BCUT2D eigenvalue weighted by molar-refractivity contribution is 7.10. The zero-order valence-corrected chi connectivity index (χ0v) is 20.1. The Morgan fingerprint density at radius 2 is 1.91 bits per heavy atom. The fourth-order valence-corrected chi connectivity index (χ4v) is 5.76. The van der Waals surface area contributed by atoms with Gasteiger partial charge in [0, 0.05) is 20.8 Å². The van der Waals surface area contributed by atoms with E-state index in [9.17, 15) is 9.59 Å². The van der Waals surface area contributed by atoms with Gasteiger partial charge in [0.05, 0.1) is 19.2 Å². The maximum atomic E-state index is 13.7. The van der Waals surface area contributed by atoms with Crippen molar-refractivity contribution < 1.29 is 14.3 Å². The lowest BCUT2D eigenvalue weighted by atomic mass is 10.1. The molecule has 0 spiro atoms. The number of nitrogens with zero attached hydrogens (tertiary/aromatic N) is 1. The van der Waals surface area contributed by atoms with E-state index in [2.05, 4.69) is 5.32 Å². The maximum Gasteiger partial charge on any atom is 0.248 e.